The molecule has 0 fully saturated rings. The predicted octanol–water partition coefficient (Wildman–Crippen LogP) is 2.86. The number of amides is 1. The predicted molar refractivity (Wildman–Crippen MR) is 103 cm³/mol. The Morgan fingerprint density at radius 3 is 2.68 bits per heavy atom. The summed E-state index contributed by atoms with van der Waals surface area (Å²) in [6, 6.07) is 11.2. The summed E-state index contributed by atoms with van der Waals surface area (Å²) in [6.45, 7) is 0.0116. The molecule has 0 saturated heterocycles. The number of pyridine rings is 1. The quantitative estimate of drug-likeness (QED) is 0.468. The minimum absolute atomic E-state index is 0.143. The number of fused-ring (bicyclic) bond motifs is 1. The number of aryl methyl sites for hydroxylation is 1. The number of benzene rings is 1. The van der Waals surface area contributed by atoms with Crippen LogP contribution in [0.4, 0.5) is 0 Å². The highest BCUT2D eigenvalue weighted by Crippen LogP contribution is 2.37. The van der Waals surface area contributed by atoms with Crippen molar-refractivity contribution in [2.75, 3.05) is 13.2 Å². The molecule has 3 N–H and O–H groups in total. The first-order valence-electron chi connectivity index (χ1n) is 8.99. The molecule has 2 aromatic heterocycles. The van der Waals surface area contributed by atoms with E-state index >= 15 is 0 Å². The smallest absolute Gasteiger partial charge is 0.287 e. The molecule has 3 aromatic rings. The highest BCUT2D eigenvalue weighted by atomic mass is 16.4. The van der Waals surface area contributed by atoms with Crippen molar-refractivity contribution in [2.45, 2.75) is 12.8 Å². The molecule has 142 valence electrons. The van der Waals surface area contributed by atoms with Crippen LogP contribution in [0.3, 0.4) is 0 Å². The van der Waals surface area contributed by atoms with Gasteiger partial charge < -0.3 is 20.0 Å². The van der Waals surface area contributed by atoms with Crippen LogP contribution < -0.4 is 5.32 Å². The zero-order valence-electron chi connectivity index (χ0n) is 15.1. The number of rotatable bonds is 5. The first kappa shape index (κ1) is 17.9. The Labute approximate surface area is 161 Å². The van der Waals surface area contributed by atoms with Gasteiger partial charge in [0, 0.05) is 35.6 Å². The second-order valence-corrected chi connectivity index (χ2v) is 6.49. The second kappa shape index (κ2) is 7.66. The average Bonchev–Trinajstić information content (AvgIpc) is 3.36. The molecule has 0 aliphatic heterocycles. The highest BCUT2D eigenvalue weighted by Gasteiger charge is 2.23. The van der Waals surface area contributed by atoms with Crippen LogP contribution in [0.1, 0.15) is 28.1 Å². The van der Waals surface area contributed by atoms with Crippen LogP contribution in [0.2, 0.25) is 0 Å². The van der Waals surface area contributed by atoms with Crippen LogP contribution >= 0.6 is 0 Å². The summed E-state index contributed by atoms with van der Waals surface area (Å²) in [5, 5.41) is 24.0. The molecule has 0 unspecified atom stereocenters. The molecule has 1 amide bonds. The van der Waals surface area contributed by atoms with Crippen LogP contribution in [0, 0.1) is 0 Å². The Bertz CT molecular complexity index is 1040. The molecule has 0 saturated carbocycles. The zero-order valence-corrected chi connectivity index (χ0v) is 15.1. The van der Waals surface area contributed by atoms with Gasteiger partial charge in [0.15, 0.2) is 5.76 Å². The number of aromatic nitrogens is 1. The van der Waals surface area contributed by atoms with Gasteiger partial charge in [0.1, 0.15) is 5.76 Å². The SMILES string of the molecule is O=C(NCCO)c1cc(-c2ccncc2)c(-c2ccc3c(c2)CCC3=NO)o1. The van der Waals surface area contributed by atoms with Gasteiger partial charge in [-0.2, -0.15) is 0 Å². The van der Waals surface area contributed by atoms with E-state index in [9.17, 15) is 4.79 Å². The zero-order chi connectivity index (χ0) is 19.5. The summed E-state index contributed by atoms with van der Waals surface area (Å²) in [5.74, 6) is 0.373. The lowest BCUT2D eigenvalue weighted by Crippen LogP contribution is -2.25. The van der Waals surface area contributed by atoms with Gasteiger partial charge in [-0.3, -0.25) is 9.78 Å². The molecule has 0 spiro atoms. The molecule has 7 heteroatoms. The molecular formula is C21H19N3O4. The summed E-state index contributed by atoms with van der Waals surface area (Å²) >= 11 is 0. The van der Waals surface area contributed by atoms with Gasteiger partial charge >= 0.3 is 0 Å². The Morgan fingerprint density at radius 1 is 1.11 bits per heavy atom. The normalized spacial score (nSPS) is 14.2. The first-order chi connectivity index (χ1) is 13.7. The van der Waals surface area contributed by atoms with Gasteiger partial charge in [-0.05, 0) is 48.2 Å². The van der Waals surface area contributed by atoms with Gasteiger partial charge in [0.05, 0.1) is 12.3 Å². The van der Waals surface area contributed by atoms with Crippen molar-refractivity contribution in [1.82, 2.24) is 10.3 Å². The molecule has 1 aliphatic carbocycles. The van der Waals surface area contributed by atoms with Crippen LogP contribution in [0.25, 0.3) is 22.5 Å². The summed E-state index contributed by atoms with van der Waals surface area (Å²) in [4.78, 5) is 16.4. The molecule has 28 heavy (non-hydrogen) atoms. The minimum atomic E-state index is -0.383. The molecular weight excluding hydrogens is 358 g/mol. The molecule has 0 bridgehead atoms. The van der Waals surface area contributed by atoms with E-state index in [0.29, 0.717) is 17.9 Å². The van der Waals surface area contributed by atoms with Crippen LogP contribution in [0.5, 0.6) is 0 Å². The van der Waals surface area contributed by atoms with E-state index in [1.165, 1.54) is 0 Å². The lowest BCUT2D eigenvalue weighted by Gasteiger charge is -2.06. The third kappa shape index (κ3) is 3.27. The highest BCUT2D eigenvalue weighted by molar-refractivity contribution is 6.04. The molecule has 4 rings (SSSR count). The Hall–Kier alpha value is -3.45. The number of carbonyl (C=O) groups excluding carboxylic acids is 1. The van der Waals surface area contributed by atoms with Crippen molar-refractivity contribution < 1.29 is 19.5 Å². The Morgan fingerprint density at radius 2 is 1.93 bits per heavy atom. The topological polar surface area (TPSA) is 108 Å². The Kier molecular flexibility index (Phi) is 4.90. The summed E-state index contributed by atoms with van der Waals surface area (Å²) in [5.41, 5.74) is 5.20. The van der Waals surface area contributed by atoms with Crippen molar-refractivity contribution in [3.8, 4) is 22.5 Å². The molecule has 7 nitrogen and oxygen atoms in total. The monoisotopic (exact) mass is 377 g/mol. The van der Waals surface area contributed by atoms with Crippen molar-refractivity contribution in [2.24, 2.45) is 5.16 Å². The van der Waals surface area contributed by atoms with Crippen molar-refractivity contribution >= 4 is 11.6 Å². The fourth-order valence-electron chi connectivity index (χ4n) is 3.43. The van der Waals surface area contributed by atoms with Gasteiger partial charge in [-0.15, -0.1) is 0 Å². The standard InChI is InChI=1S/C21H19N3O4/c25-10-9-23-21(26)19-12-17(13-5-7-22-8-6-13)20(28-19)15-1-3-16-14(11-15)2-4-18(16)24-27/h1,3,5-8,11-12,25,27H,2,4,9-10H2,(H,23,26). The van der Waals surface area contributed by atoms with E-state index in [1.54, 1.807) is 18.5 Å². The largest absolute Gasteiger partial charge is 0.450 e. The fourth-order valence-corrected chi connectivity index (χ4v) is 3.43. The van der Waals surface area contributed by atoms with Gasteiger partial charge in [-0.25, -0.2) is 0 Å². The molecule has 1 aromatic carbocycles. The van der Waals surface area contributed by atoms with E-state index in [2.05, 4.69) is 15.5 Å². The average molecular weight is 377 g/mol. The number of carbonyl (C=O) groups is 1. The lowest BCUT2D eigenvalue weighted by atomic mass is 9.99. The van der Waals surface area contributed by atoms with Crippen molar-refractivity contribution in [3.63, 3.8) is 0 Å². The number of furan rings is 1. The lowest BCUT2D eigenvalue weighted by molar-refractivity contribution is 0.0918. The van der Waals surface area contributed by atoms with E-state index in [4.69, 9.17) is 14.7 Å². The number of hydrogen-bond donors (Lipinski definition) is 3. The van der Waals surface area contributed by atoms with Gasteiger partial charge in [0.25, 0.3) is 5.91 Å². The van der Waals surface area contributed by atoms with Gasteiger partial charge in [-0.1, -0.05) is 17.3 Å². The van der Waals surface area contributed by atoms with Crippen LogP contribution in [0.15, 0.2) is 58.4 Å². The van der Waals surface area contributed by atoms with E-state index in [0.717, 1.165) is 34.2 Å². The maximum Gasteiger partial charge on any atom is 0.287 e. The summed E-state index contributed by atoms with van der Waals surface area (Å²) in [6.07, 6.45) is 4.85. The maximum absolute atomic E-state index is 12.3. The second-order valence-electron chi connectivity index (χ2n) is 6.49. The van der Waals surface area contributed by atoms with E-state index in [1.807, 2.05) is 30.3 Å². The first-order valence-corrected chi connectivity index (χ1v) is 8.99. The molecule has 0 radical (unpaired) electrons. The van der Waals surface area contributed by atoms with E-state index in [-0.39, 0.29) is 24.8 Å². The summed E-state index contributed by atoms with van der Waals surface area (Å²) < 4.78 is 5.93. The third-order valence-electron chi connectivity index (χ3n) is 4.77. The number of aliphatic hydroxyl groups is 1. The third-order valence-corrected chi connectivity index (χ3v) is 4.77. The van der Waals surface area contributed by atoms with Crippen LogP contribution in [-0.4, -0.2) is 40.1 Å². The van der Waals surface area contributed by atoms with Gasteiger partial charge in [0.2, 0.25) is 0 Å². The Balaban J connectivity index is 1.79. The molecule has 0 atom stereocenters. The molecule has 2 heterocycles. The number of nitrogens with zero attached hydrogens (tertiary/aromatic N) is 2. The fraction of sp³-hybridized carbons (Fsp3) is 0.190. The number of aliphatic hydroxyl groups excluding tert-OH is 1. The molecule has 1 aliphatic rings. The maximum atomic E-state index is 12.3. The van der Waals surface area contributed by atoms with Crippen LogP contribution in [-0.2, 0) is 6.42 Å². The van der Waals surface area contributed by atoms with Crippen molar-refractivity contribution in [1.29, 1.82) is 0 Å². The van der Waals surface area contributed by atoms with Crippen molar-refractivity contribution in [3.05, 3.63) is 65.7 Å². The number of hydrogen-bond acceptors (Lipinski definition) is 6. The number of nitrogens with one attached hydrogen (secondary N) is 1. The summed E-state index contributed by atoms with van der Waals surface area (Å²) in [7, 11) is 0. The number of oxime groups is 1. The minimum Gasteiger partial charge on any atom is -0.450 e. The van der Waals surface area contributed by atoms with E-state index < -0.39 is 0 Å².